The fourth-order valence-electron chi connectivity index (χ4n) is 2.56. The van der Waals surface area contributed by atoms with Crippen LogP contribution in [0.2, 0.25) is 0 Å². The van der Waals surface area contributed by atoms with Crippen LogP contribution in [-0.4, -0.2) is 11.8 Å². The predicted octanol–water partition coefficient (Wildman–Crippen LogP) is 5.40. The minimum Gasteiger partial charge on any atom is -0.207 e. The lowest BCUT2D eigenvalue weighted by atomic mass is 9.77. The van der Waals surface area contributed by atoms with Crippen molar-refractivity contribution in [2.45, 2.75) is 25.7 Å². The Morgan fingerprint density at radius 2 is 1.71 bits per heavy atom. The maximum absolute atomic E-state index is 13.6. The highest BCUT2D eigenvalue weighted by Crippen LogP contribution is 2.33. The van der Waals surface area contributed by atoms with Crippen molar-refractivity contribution < 1.29 is 4.39 Å². The molecule has 0 aliphatic carbocycles. The maximum atomic E-state index is 13.6. The molecule has 0 radical (unpaired) electrons. The average molecular weight is 325 g/mol. The van der Waals surface area contributed by atoms with Gasteiger partial charge in [-0.2, -0.15) is 0 Å². The first-order chi connectivity index (χ1) is 10.0. The molecule has 0 heterocycles. The van der Waals surface area contributed by atoms with Gasteiger partial charge in [0.2, 0.25) is 0 Å². The van der Waals surface area contributed by atoms with Crippen LogP contribution >= 0.6 is 23.2 Å². The van der Waals surface area contributed by atoms with Gasteiger partial charge in [-0.1, -0.05) is 35.9 Å². The molecule has 21 heavy (non-hydrogen) atoms. The number of hydrogen-bond donors (Lipinski definition) is 0. The van der Waals surface area contributed by atoms with Gasteiger partial charge in [-0.05, 0) is 49.1 Å². The Bertz CT molecular complexity index is 618. The fourth-order valence-corrected chi connectivity index (χ4v) is 3.34. The molecule has 0 bridgehead atoms. The van der Waals surface area contributed by atoms with Gasteiger partial charge in [-0.25, -0.2) is 4.39 Å². The molecule has 0 fully saturated rings. The smallest absolute Gasteiger partial charge is 0.123 e. The third-order valence-corrected chi connectivity index (χ3v) is 5.01. The van der Waals surface area contributed by atoms with E-state index in [4.69, 9.17) is 23.2 Å². The molecule has 0 unspecified atom stereocenters. The quantitative estimate of drug-likeness (QED) is 0.646. The molecule has 112 valence electrons. The van der Waals surface area contributed by atoms with Crippen LogP contribution in [0.4, 0.5) is 4.39 Å². The molecule has 2 aromatic rings. The standard InChI is InChI=1S/C18H19Cl2F/c1-13-6-7-14(2)15(8-13)10-18(11-19,12-20)16-4-3-5-17(21)9-16/h3-9H,10-12H2,1-2H3. The van der Waals surface area contributed by atoms with E-state index in [0.29, 0.717) is 18.2 Å². The van der Waals surface area contributed by atoms with E-state index in [-0.39, 0.29) is 5.82 Å². The topological polar surface area (TPSA) is 0 Å². The first-order valence-corrected chi connectivity index (χ1v) is 8.02. The Balaban J connectivity index is 2.45. The SMILES string of the molecule is Cc1ccc(C)c(CC(CCl)(CCl)c2cccc(F)c2)c1. The zero-order valence-corrected chi connectivity index (χ0v) is 13.8. The van der Waals surface area contributed by atoms with Crippen molar-refractivity contribution in [1.29, 1.82) is 0 Å². The molecular formula is C18H19Cl2F. The van der Waals surface area contributed by atoms with Crippen molar-refractivity contribution in [3.63, 3.8) is 0 Å². The molecule has 0 saturated carbocycles. The molecule has 0 nitrogen and oxygen atoms in total. The Labute approximate surface area is 135 Å². The van der Waals surface area contributed by atoms with Crippen LogP contribution in [0.1, 0.15) is 22.3 Å². The number of aryl methyl sites for hydroxylation is 2. The normalized spacial score (nSPS) is 11.7. The van der Waals surface area contributed by atoms with E-state index in [1.807, 2.05) is 6.07 Å². The molecule has 0 amide bonds. The number of benzene rings is 2. The Morgan fingerprint density at radius 3 is 2.33 bits per heavy atom. The fraction of sp³-hybridized carbons (Fsp3) is 0.333. The summed E-state index contributed by atoms with van der Waals surface area (Å²) in [5.41, 5.74) is 4.02. The molecule has 0 saturated heterocycles. The summed E-state index contributed by atoms with van der Waals surface area (Å²) in [7, 11) is 0. The van der Waals surface area contributed by atoms with E-state index in [2.05, 4.69) is 32.0 Å². The van der Waals surface area contributed by atoms with E-state index in [0.717, 1.165) is 5.56 Å². The van der Waals surface area contributed by atoms with Crippen molar-refractivity contribution in [1.82, 2.24) is 0 Å². The van der Waals surface area contributed by atoms with E-state index in [9.17, 15) is 4.39 Å². The van der Waals surface area contributed by atoms with Gasteiger partial charge >= 0.3 is 0 Å². The summed E-state index contributed by atoms with van der Waals surface area (Å²) in [5.74, 6) is 0.453. The maximum Gasteiger partial charge on any atom is 0.123 e. The molecule has 2 aromatic carbocycles. The van der Waals surface area contributed by atoms with Gasteiger partial charge in [0, 0.05) is 17.2 Å². The largest absolute Gasteiger partial charge is 0.207 e. The highest BCUT2D eigenvalue weighted by atomic mass is 35.5. The second kappa shape index (κ2) is 6.81. The summed E-state index contributed by atoms with van der Waals surface area (Å²) in [6.07, 6.45) is 0.705. The zero-order valence-electron chi connectivity index (χ0n) is 12.3. The van der Waals surface area contributed by atoms with Crippen molar-refractivity contribution >= 4 is 23.2 Å². The second-order valence-corrected chi connectivity index (χ2v) is 6.20. The molecule has 2 rings (SSSR count). The number of rotatable bonds is 5. The summed E-state index contributed by atoms with van der Waals surface area (Å²) in [4.78, 5) is 0. The van der Waals surface area contributed by atoms with E-state index in [1.54, 1.807) is 6.07 Å². The Morgan fingerprint density at radius 1 is 1.00 bits per heavy atom. The molecule has 0 spiro atoms. The second-order valence-electron chi connectivity index (χ2n) is 5.66. The van der Waals surface area contributed by atoms with Gasteiger partial charge in [0.15, 0.2) is 0 Å². The number of halogens is 3. The molecule has 0 aliphatic heterocycles. The first kappa shape index (κ1) is 16.3. The molecule has 0 N–H and O–H groups in total. The summed E-state index contributed by atoms with van der Waals surface area (Å²) in [6.45, 7) is 4.14. The highest BCUT2D eigenvalue weighted by molar-refractivity contribution is 6.22. The molecular weight excluding hydrogens is 306 g/mol. The monoisotopic (exact) mass is 324 g/mol. The summed E-state index contributed by atoms with van der Waals surface area (Å²) in [5, 5.41) is 0. The van der Waals surface area contributed by atoms with E-state index >= 15 is 0 Å². The third-order valence-electron chi connectivity index (χ3n) is 3.98. The number of alkyl halides is 2. The van der Waals surface area contributed by atoms with Gasteiger partial charge in [0.1, 0.15) is 5.82 Å². The van der Waals surface area contributed by atoms with Gasteiger partial charge in [0.05, 0.1) is 0 Å². The number of hydrogen-bond acceptors (Lipinski definition) is 0. The van der Waals surface area contributed by atoms with E-state index < -0.39 is 5.41 Å². The average Bonchev–Trinajstić information content (AvgIpc) is 2.48. The lowest BCUT2D eigenvalue weighted by molar-refractivity contribution is 0.527. The highest BCUT2D eigenvalue weighted by Gasteiger charge is 2.31. The van der Waals surface area contributed by atoms with Crippen LogP contribution < -0.4 is 0 Å². The Hall–Kier alpha value is -1.05. The minimum absolute atomic E-state index is 0.256. The van der Waals surface area contributed by atoms with Crippen LogP contribution in [0.25, 0.3) is 0 Å². The van der Waals surface area contributed by atoms with Crippen molar-refractivity contribution in [2.75, 3.05) is 11.8 Å². The van der Waals surface area contributed by atoms with Gasteiger partial charge in [-0.15, -0.1) is 23.2 Å². The summed E-state index contributed by atoms with van der Waals surface area (Å²) < 4.78 is 13.6. The van der Waals surface area contributed by atoms with Gasteiger partial charge in [0.25, 0.3) is 0 Å². The van der Waals surface area contributed by atoms with Crippen molar-refractivity contribution in [3.05, 3.63) is 70.5 Å². The van der Waals surface area contributed by atoms with Gasteiger partial charge in [-0.3, -0.25) is 0 Å². The molecule has 0 aliphatic rings. The van der Waals surface area contributed by atoms with Crippen molar-refractivity contribution in [3.8, 4) is 0 Å². The minimum atomic E-state index is -0.455. The van der Waals surface area contributed by atoms with Crippen LogP contribution in [0.15, 0.2) is 42.5 Å². The summed E-state index contributed by atoms with van der Waals surface area (Å²) >= 11 is 12.5. The van der Waals surface area contributed by atoms with E-state index in [1.165, 1.54) is 28.8 Å². The van der Waals surface area contributed by atoms with Crippen LogP contribution in [0, 0.1) is 19.7 Å². The van der Waals surface area contributed by atoms with Crippen LogP contribution in [0.3, 0.4) is 0 Å². The predicted molar refractivity (Wildman–Crippen MR) is 89.1 cm³/mol. The molecule has 0 aromatic heterocycles. The molecule has 0 atom stereocenters. The molecule has 3 heteroatoms. The summed E-state index contributed by atoms with van der Waals surface area (Å²) in [6, 6.07) is 12.9. The lowest BCUT2D eigenvalue weighted by Crippen LogP contribution is -2.33. The zero-order chi connectivity index (χ0) is 15.5. The van der Waals surface area contributed by atoms with Crippen LogP contribution in [0.5, 0.6) is 0 Å². The van der Waals surface area contributed by atoms with Gasteiger partial charge < -0.3 is 0 Å². The lowest BCUT2D eigenvalue weighted by Gasteiger charge is -2.31. The third kappa shape index (κ3) is 3.59. The first-order valence-electron chi connectivity index (χ1n) is 6.95. The Kier molecular flexibility index (Phi) is 5.29. The van der Waals surface area contributed by atoms with Crippen molar-refractivity contribution in [2.24, 2.45) is 0 Å². The van der Waals surface area contributed by atoms with Crippen LogP contribution in [-0.2, 0) is 11.8 Å².